The van der Waals surface area contributed by atoms with Crippen molar-refractivity contribution >= 4 is 23.7 Å². The van der Waals surface area contributed by atoms with Crippen LogP contribution in [-0.2, 0) is 13.5 Å². The van der Waals surface area contributed by atoms with E-state index in [1.165, 1.54) is 9.08 Å². The third-order valence-electron chi connectivity index (χ3n) is 3.12. The molecule has 3 aromatic rings. The molecule has 0 atom stereocenters. The Hall–Kier alpha value is -2.48. The second-order valence-corrected chi connectivity index (χ2v) is 4.81. The lowest BCUT2D eigenvalue weighted by Gasteiger charge is -2.06. The van der Waals surface area contributed by atoms with Crippen molar-refractivity contribution in [3.63, 3.8) is 0 Å². The van der Waals surface area contributed by atoms with Gasteiger partial charge in [0.2, 0.25) is 4.77 Å². The predicted octanol–water partition coefficient (Wildman–Crippen LogP) is 0.659. The summed E-state index contributed by atoms with van der Waals surface area (Å²) in [6.07, 6.45) is 0.349. The van der Waals surface area contributed by atoms with Gasteiger partial charge in [-0.1, -0.05) is 18.2 Å². The molecular formula is C12H12N6OS. The highest BCUT2D eigenvalue weighted by atomic mass is 32.1. The van der Waals surface area contributed by atoms with Crippen molar-refractivity contribution in [3.05, 3.63) is 50.6 Å². The van der Waals surface area contributed by atoms with Gasteiger partial charge in [0, 0.05) is 19.2 Å². The van der Waals surface area contributed by atoms with Crippen molar-refractivity contribution in [2.75, 3.05) is 5.73 Å². The lowest BCUT2D eigenvalue weighted by molar-refractivity contribution is 0.735. The minimum Gasteiger partial charge on any atom is -0.398 e. The third kappa shape index (κ3) is 1.90. The number of nitrogens with two attached hydrogens (primary N) is 1. The van der Waals surface area contributed by atoms with Crippen LogP contribution in [0.5, 0.6) is 0 Å². The Balaban J connectivity index is 2.19. The fourth-order valence-corrected chi connectivity index (χ4v) is 2.19. The summed E-state index contributed by atoms with van der Waals surface area (Å²) in [7, 11) is 1.63. The maximum absolute atomic E-state index is 12.3. The zero-order valence-electron chi connectivity index (χ0n) is 10.7. The van der Waals surface area contributed by atoms with Crippen LogP contribution in [0.25, 0.3) is 5.78 Å². The van der Waals surface area contributed by atoms with Gasteiger partial charge in [0.05, 0.1) is 0 Å². The smallest absolute Gasteiger partial charge is 0.276 e. The third-order valence-corrected chi connectivity index (χ3v) is 3.38. The number of hydrogen-bond acceptors (Lipinski definition) is 5. The van der Waals surface area contributed by atoms with Gasteiger partial charge >= 0.3 is 0 Å². The molecule has 0 aliphatic heterocycles. The normalized spacial score (nSPS) is 11.1. The van der Waals surface area contributed by atoms with E-state index in [2.05, 4.69) is 15.3 Å². The summed E-state index contributed by atoms with van der Waals surface area (Å²) >= 11 is 5.08. The van der Waals surface area contributed by atoms with Crippen LogP contribution < -0.4 is 11.3 Å². The SMILES string of the molecule is Cn1c(=O)c(Cc2ccccc2N)nn2c(=S)[nH]nc12. The molecule has 0 radical (unpaired) electrons. The summed E-state index contributed by atoms with van der Waals surface area (Å²) < 4.78 is 3.19. The van der Waals surface area contributed by atoms with E-state index >= 15 is 0 Å². The van der Waals surface area contributed by atoms with Crippen molar-refractivity contribution in [2.45, 2.75) is 6.42 Å². The van der Waals surface area contributed by atoms with Gasteiger partial charge in [0.1, 0.15) is 5.69 Å². The zero-order chi connectivity index (χ0) is 14.3. The Morgan fingerprint density at radius 2 is 2.15 bits per heavy atom. The number of nitrogen functional groups attached to an aromatic ring is 1. The number of rotatable bonds is 2. The Morgan fingerprint density at radius 3 is 2.90 bits per heavy atom. The molecule has 3 rings (SSSR count). The Bertz CT molecular complexity index is 906. The van der Waals surface area contributed by atoms with E-state index in [0.717, 1.165) is 5.56 Å². The van der Waals surface area contributed by atoms with Gasteiger partial charge in [-0.3, -0.25) is 9.36 Å². The maximum atomic E-state index is 12.3. The predicted molar refractivity (Wildman–Crippen MR) is 77.1 cm³/mol. The quantitative estimate of drug-likeness (QED) is 0.533. The summed E-state index contributed by atoms with van der Waals surface area (Å²) in [6.45, 7) is 0. The molecule has 1 aromatic carbocycles. The summed E-state index contributed by atoms with van der Waals surface area (Å²) in [6, 6.07) is 7.38. The van der Waals surface area contributed by atoms with Crippen LogP contribution in [0, 0.1) is 4.77 Å². The van der Waals surface area contributed by atoms with Crippen molar-refractivity contribution in [1.82, 2.24) is 24.4 Å². The molecule has 0 aliphatic carbocycles. The van der Waals surface area contributed by atoms with Gasteiger partial charge < -0.3 is 5.73 Å². The summed E-state index contributed by atoms with van der Waals surface area (Å²) in [5.41, 5.74) is 7.54. The maximum Gasteiger partial charge on any atom is 0.276 e. The topological polar surface area (TPSA) is 94.0 Å². The monoisotopic (exact) mass is 288 g/mol. The molecular weight excluding hydrogens is 276 g/mol. The Kier molecular flexibility index (Phi) is 2.87. The second kappa shape index (κ2) is 4.57. The Labute approximate surface area is 118 Å². The highest BCUT2D eigenvalue weighted by Gasteiger charge is 2.12. The molecule has 20 heavy (non-hydrogen) atoms. The van der Waals surface area contributed by atoms with Gasteiger partial charge in [-0.15, -0.1) is 5.10 Å². The van der Waals surface area contributed by atoms with E-state index in [1.54, 1.807) is 13.1 Å². The van der Waals surface area contributed by atoms with Gasteiger partial charge in [0.15, 0.2) is 0 Å². The number of benzene rings is 1. The average Bonchev–Trinajstić information content (AvgIpc) is 2.80. The molecule has 8 heteroatoms. The molecule has 0 aliphatic rings. The zero-order valence-corrected chi connectivity index (χ0v) is 11.5. The molecule has 0 bridgehead atoms. The van der Waals surface area contributed by atoms with E-state index in [9.17, 15) is 4.79 Å². The molecule has 102 valence electrons. The van der Waals surface area contributed by atoms with Crippen molar-refractivity contribution < 1.29 is 0 Å². The molecule has 0 amide bonds. The fourth-order valence-electron chi connectivity index (χ4n) is 2.03. The number of nitrogens with one attached hydrogen (secondary N) is 1. The number of aryl methyl sites for hydroxylation is 1. The number of fused-ring (bicyclic) bond motifs is 1. The first kappa shape index (κ1) is 12.5. The largest absolute Gasteiger partial charge is 0.398 e. The highest BCUT2D eigenvalue weighted by molar-refractivity contribution is 7.71. The summed E-state index contributed by atoms with van der Waals surface area (Å²) in [5, 5.41) is 10.8. The summed E-state index contributed by atoms with van der Waals surface area (Å²) in [5.74, 6) is 0.379. The first-order valence-electron chi connectivity index (χ1n) is 5.94. The van der Waals surface area contributed by atoms with E-state index < -0.39 is 0 Å². The van der Waals surface area contributed by atoms with E-state index in [-0.39, 0.29) is 5.56 Å². The van der Waals surface area contributed by atoms with Gasteiger partial charge in [0.25, 0.3) is 11.3 Å². The van der Waals surface area contributed by atoms with Crippen LogP contribution in [0.15, 0.2) is 29.1 Å². The minimum atomic E-state index is -0.213. The van der Waals surface area contributed by atoms with E-state index in [0.29, 0.717) is 28.4 Å². The van der Waals surface area contributed by atoms with Crippen molar-refractivity contribution in [3.8, 4) is 0 Å². The molecule has 2 heterocycles. The number of aromatic nitrogens is 5. The van der Waals surface area contributed by atoms with Gasteiger partial charge in [-0.05, 0) is 23.8 Å². The minimum absolute atomic E-state index is 0.213. The van der Waals surface area contributed by atoms with Crippen LogP contribution >= 0.6 is 12.2 Å². The lowest BCUT2D eigenvalue weighted by atomic mass is 10.1. The number of H-pyrrole nitrogens is 1. The Morgan fingerprint density at radius 1 is 1.40 bits per heavy atom. The molecule has 0 saturated heterocycles. The fraction of sp³-hybridized carbons (Fsp3) is 0.167. The van der Waals surface area contributed by atoms with Gasteiger partial charge in [-0.25, -0.2) is 5.10 Å². The standard InChI is InChI=1S/C12H12N6OS/c1-17-10(19)9(6-7-4-2-3-5-8(7)13)16-18-11(17)14-15-12(18)20/h2-5H,6,13H2,1H3,(H,15,20). The van der Waals surface area contributed by atoms with Gasteiger partial charge in [-0.2, -0.15) is 9.61 Å². The first-order chi connectivity index (χ1) is 9.58. The van der Waals surface area contributed by atoms with Crippen LogP contribution in [0.3, 0.4) is 0 Å². The van der Waals surface area contributed by atoms with Crippen molar-refractivity contribution in [2.24, 2.45) is 7.05 Å². The molecule has 3 N–H and O–H groups in total. The average molecular weight is 288 g/mol. The number of anilines is 1. The molecule has 0 fully saturated rings. The number of hydrogen-bond donors (Lipinski definition) is 2. The number of para-hydroxylation sites is 1. The highest BCUT2D eigenvalue weighted by Crippen LogP contribution is 2.13. The van der Waals surface area contributed by atoms with Crippen molar-refractivity contribution in [1.29, 1.82) is 0 Å². The van der Waals surface area contributed by atoms with Crippen LogP contribution in [0.1, 0.15) is 11.3 Å². The molecule has 0 saturated carbocycles. The van der Waals surface area contributed by atoms with E-state index in [4.69, 9.17) is 18.0 Å². The molecule has 2 aromatic heterocycles. The van der Waals surface area contributed by atoms with Crippen LogP contribution in [0.4, 0.5) is 5.69 Å². The second-order valence-electron chi connectivity index (χ2n) is 4.43. The lowest BCUT2D eigenvalue weighted by Crippen LogP contribution is -2.26. The van der Waals surface area contributed by atoms with E-state index in [1.807, 2.05) is 18.2 Å². The molecule has 0 spiro atoms. The summed E-state index contributed by atoms with van der Waals surface area (Å²) in [4.78, 5) is 12.3. The molecule has 0 unspecified atom stereocenters. The van der Waals surface area contributed by atoms with Crippen LogP contribution in [-0.4, -0.2) is 24.4 Å². The number of nitrogens with zero attached hydrogens (tertiary/aromatic N) is 4. The molecule has 7 nitrogen and oxygen atoms in total. The first-order valence-corrected chi connectivity index (χ1v) is 6.35. The van der Waals surface area contributed by atoms with Crippen LogP contribution in [0.2, 0.25) is 0 Å². The number of aromatic amines is 1.